The van der Waals surface area contributed by atoms with Crippen LogP contribution < -0.4 is 5.56 Å². The first-order valence-corrected chi connectivity index (χ1v) is 5.50. The molecule has 0 spiro atoms. The van der Waals surface area contributed by atoms with Crippen LogP contribution in [0.5, 0.6) is 0 Å². The van der Waals surface area contributed by atoms with Gasteiger partial charge in [0.05, 0.1) is 0 Å². The number of hydrogen-bond donors (Lipinski definition) is 0. The highest BCUT2D eigenvalue weighted by atomic mass is 35.5. The predicted octanol–water partition coefficient (Wildman–Crippen LogP) is 1.08. The zero-order valence-electron chi connectivity index (χ0n) is 9.61. The maximum atomic E-state index is 11.9. The second-order valence-corrected chi connectivity index (χ2v) is 4.09. The number of carbonyl (C=O) groups is 1. The van der Waals surface area contributed by atoms with Crippen molar-refractivity contribution in [3.05, 3.63) is 34.2 Å². The predicted molar refractivity (Wildman–Crippen MR) is 64.0 cm³/mol. The van der Waals surface area contributed by atoms with Gasteiger partial charge >= 0.3 is 0 Å². The van der Waals surface area contributed by atoms with E-state index in [1.165, 1.54) is 15.5 Å². The molecule has 0 radical (unpaired) electrons. The number of aromatic nitrogens is 1. The molecule has 0 aliphatic heterocycles. The summed E-state index contributed by atoms with van der Waals surface area (Å²) >= 11 is 5.68. The molecule has 0 saturated heterocycles. The van der Waals surface area contributed by atoms with Gasteiger partial charge in [-0.25, -0.2) is 0 Å². The van der Waals surface area contributed by atoms with Gasteiger partial charge in [-0.1, -0.05) is 0 Å². The highest BCUT2D eigenvalue weighted by Gasteiger charge is 2.16. The number of nitrogens with zero attached hydrogens (tertiary/aromatic N) is 2. The Morgan fingerprint density at radius 1 is 1.62 bits per heavy atom. The summed E-state index contributed by atoms with van der Waals surface area (Å²) in [5.74, 6) is 0.179. The highest BCUT2D eigenvalue weighted by molar-refractivity contribution is 6.18. The van der Waals surface area contributed by atoms with E-state index >= 15 is 0 Å². The normalized spacial score (nSPS) is 12.2. The molecule has 0 aliphatic rings. The molecule has 0 saturated carbocycles. The minimum atomic E-state index is -0.197. The van der Waals surface area contributed by atoms with Crippen molar-refractivity contribution in [2.45, 2.75) is 13.0 Å². The van der Waals surface area contributed by atoms with Crippen molar-refractivity contribution in [3.63, 3.8) is 0 Å². The monoisotopic (exact) mass is 242 g/mol. The van der Waals surface area contributed by atoms with Crippen molar-refractivity contribution in [2.24, 2.45) is 7.05 Å². The van der Waals surface area contributed by atoms with Gasteiger partial charge in [0.2, 0.25) is 0 Å². The summed E-state index contributed by atoms with van der Waals surface area (Å²) < 4.78 is 1.42. The average Bonchev–Trinajstić information content (AvgIpc) is 2.29. The van der Waals surface area contributed by atoms with Crippen LogP contribution >= 0.6 is 11.6 Å². The SMILES string of the molecule is CC(CCl)N(C)C(=O)c1ccn(C)c(=O)c1. The van der Waals surface area contributed by atoms with Crippen molar-refractivity contribution >= 4 is 17.5 Å². The van der Waals surface area contributed by atoms with Gasteiger partial charge in [-0.2, -0.15) is 0 Å². The molecule has 1 heterocycles. The summed E-state index contributed by atoms with van der Waals surface area (Å²) in [6.45, 7) is 1.85. The van der Waals surface area contributed by atoms with E-state index < -0.39 is 0 Å². The Labute approximate surface area is 99.4 Å². The van der Waals surface area contributed by atoms with Gasteiger partial charge in [-0.3, -0.25) is 9.59 Å². The summed E-state index contributed by atoms with van der Waals surface area (Å²) in [6, 6.07) is 2.90. The van der Waals surface area contributed by atoms with Crippen molar-refractivity contribution in [3.8, 4) is 0 Å². The molecular formula is C11H15ClN2O2. The molecule has 0 fully saturated rings. The lowest BCUT2D eigenvalue weighted by Crippen LogP contribution is -2.36. The van der Waals surface area contributed by atoms with Crippen LogP contribution in [0.4, 0.5) is 0 Å². The molecule has 4 nitrogen and oxygen atoms in total. The van der Waals surface area contributed by atoms with Gasteiger partial charge in [0, 0.05) is 43.8 Å². The van der Waals surface area contributed by atoms with E-state index in [4.69, 9.17) is 11.6 Å². The van der Waals surface area contributed by atoms with Crippen molar-refractivity contribution in [1.82, 2.24) is 9.47 Å². The zero-order chi connectivity index (χ0) is 12.3. The third-order valence-corrected chi connectivity index (χ3v) is 3.00. The molecular weight excluding hydrogens is 228 g/mol. The quantitative estimate of drug-likeness (QED) is 0.745. The van der Waals surface area contributed by atoms with Crippen LogP contribution in [0.25, 0.3) is 0 Å². The lowest BCUT2D eigenvalue weighted by Gasteiger charge is -2.23. The maximum Gasteiger partial charge on any atom is 0.254 e. The van der Waals surface area contributed by atoms with Crippen LogP contribution in [-0.2, 0) is 7.05 Å². The number of amides is 1. The maximum absolute atomic E-state index is 11.9. The molecule has 1 aromatic rings. The van der Waals surface area contributed by atoms with Gasteiger partial charge in [0.1, 0.15) is 0 Å². The van der Waals surface area contributed by atoms with E-state index in [0.717, 1.165) is 0 Å². The number of hydrogen-bond acceptors (Lipinski definition) is 2. The van der Waals surface area contributed by atoms with E-state index in [9.17, 15) is 9.59 Å². The van der Waals surface area contributed by atoms with Crippen LogP contribution in [-0.4, -0.2) is 34.3 Å². The second-order valence-electron chi connectivity index (χ2n) is 3.78. The zero-order valence-corrected chi connectivity index (χ0v) is 10.4. The van der Waals surface area contributed by atoms with Crippen molar-refractivity contribution in [1.29, 1.82) is 0 Å². The number of carbonyl (C=O) groups excluding carboxylic acids is 1. The summed E-state index contributed by atoms with van der Waals surface area (Å²) in [6.07, 6.45) is 1.58. The van der Waals surface area contributed by atoms with Gasteiger partial charge in [-0.05, 0) is 13.0 Å². The molecule has 1 aromatic heterocycles. The summed E-state index contributed by atoms with van der Waals surface area (Å²) in [5, 5.41) is 0. The second kappa shape index (κ2) is 5.16. The molecule has 88 valence electrons. The lowest BCUT2D eigenvalue weighted by atomic mass is 10.2. The Hall–Kier alpha value is -1.29. The standard InChI is InChI=1S/C11H15ClN2O2/c1-8(7-12)14(3)11(16)9-4-5-13(2)10(15)6-9/h4-6,8H,7H2,1-3H3. The third-order valence-electron chi connectivity index (χ3n) is 2.56. The molecule has 16 heavy (non-hydrogen) atoms. The molecule has 1 amide bonds. The van der Waals surface area contributed by atoms with E-state index in [0.29, 0.717) is 11.4 Å². The Bertz CT molecular complexity index is 442. The van der Waals surface area contributed by atoms with Crippen LogP contribution in [0.2, 0.25) is 0 Å². The van der Waals surface area contributed by atoms with Crippen LogP contribution in [0.15, 0.2) is 23.1 Å². The lowest BCUT2D eigenvalue weighted by molar-refractivity contribution is 0.0756. The first-order valence-electron chi connectivity index (χ1n) is 4.97. The van der Waals surface area contributed by atoms with Crippen LogP contribution in [0.1, 0.15) is 17.3 Å². The summed E-state index contributed by atoms with van der Waals surface area (Å²) in [4.78, 5) is 24.8. The first-order chi connectivity index (χ1) is 7.47. The van der Waals surface area contributed by atoms with Crippen molar-refractivity contribution in [2.75, 3.05) is 12.9 Å². The van der Waals surface area contributed by atoms with Crippen LogP contribution in [0.3, 0.4) is 0 Å². The number of halogens is 1. The van der Waals surface area contributed by atoms with Gasteiger partial charge < -0.3 is 9.47 Å². The number of aryl methyl sites for hydroxylation is 1. The Balaban J connectivity index is 2.97. The van der Waals surface area contributed by atoms with E-state index in [2.05, 4.69) is 0 Å². The number of alkyl halides is 1. The van der Waals surface area contributed by atoms with Gasteiger partial charge in [-0.15, -0.1) is 11.6 Å². The molecule has 1 unspecified atom stereocenters. The smallest absolute Gasteiger partial charge is 0.254 e. The molecule has 0 aliphatic carbocycles. The van der Waals surface area contributed by atoms with E-state index in [-0.39, 0.29) is 17.5 Å². The Morgan fingerprint density at radius 3 is 2.75 bits per heavy atom. The largest absolute Gasteiger partial charge is 0.338 e. The minimum Gasteiger partial charge on any atom is -0.338 e. The van der Waals surface area contributed by atoms with E-state index in [1.54, 1.807) is 26.4 Å². The minimum absolute atomic E-state index is 0.0572. The first kappa shape index (κ1) is 12.8. The average molecular weight is 243 g/mol. The highest BCUT2D eigenvalue weighted by Crippen LogP contribution is 2.05. The fourth-order valence-electron chi connectivity index (χ4n) is 1.19. The number of pyridine rings is 1. The van der Waals surface area contributed by atoms with Gasteiger partial charge in [0.15, 0.2) is 0 Å². The van der Waals surface area contributed by atoms with Gasteiger partial charge in [0.25, 0.3) is 11.5 Å². The Morgan fingerprint density at radius 2 is 2.25 bits per heavy atom. The topological polar surface area (TPSA) is 42.3 Å². The molecule has 0 aromatic carbocycles. The summed E-state index contributed by atoms with van der Waals surface area (Å²) in [7, 11) is 3.31. The molecule has 1 rings (SSSR count). The Kier molecular flexibility index (Phi) is 4.12. The molecule has 1 atom stereocenters. The molecule has 0 bridgehead atoms. The van der Waals surface area contributed by atoms with E-state index in [1.807, 2.05) is 6.92 Å². The molecule has 0 N–H and O–H groups in total. The third kappa shape index (κ3) is 2.64. The number of rotatable bonds is 3. The summed E-state index contributed by atoms with van der Waals surface area (Å²) in [5.41, 5.74) is 0.195. The molecule has 5 heteroatoms. The fourth-order valence-corrected chi connectivity index (χ4v) is 1.40. The van der Waals surface area contributed by atoms with Crippen LogP contribution in [0, 0.1) is 0 Å². The fraction of sp³-hybridized carbons (Fsp3) is 0.455. The van der Waals surface area contributed by atoms with Crippen molar-refractivity contribution < 1.29 is 4.79 Å².